The van der Waals surface area contributed by atoms with Crippen molar-refractivity contribution >= 4 is 6.08 Å². The van der Waals surface area contributed by atoms with Crippen LogP contribution in [0.25, 0.3) is 6.08 Å². The van der Waals surface area contributed by atoms with Gasteiger partial charge in [-0.1, -0.05) is 18.2 Å². The van der Waals surface area contributed by atoms with E-state index in [0.717, 1.165) is 0 Å². The normalized spacial score (nSPS) is 11.1. The fraction of sp³-hybridized carbons (Fsp3) is 0.200. The molecule has 1 rings (SSSR count). The van der Waals surface area contributed by atoms with Crippen molar-refractivity contribution in [2.75, 3.05) is 7.11 Å². The molecule has 0 aliphatic heterocycles. The zero-order valence-electron chi connectivity index (χ0n) is 8.06. The van der Waals surface area contributed by atoms with Crippen LogP contribution in [0.3, 0.4) is 0 Å². The molecule has 14 heavy (non-hydrogen) atoms. The maximum absolute atomic E-state index is 10.4. The highest BCUT2D eigenvalue weighted by Gasteiger charge is 2.05. The van der Waals surface area contributed by atoms with Gasteiger partial charge >= 0.3 is 0 Å². The van der Waals surface area contributed by atoms with Crippen LogP contribution in [0.1, 0.15) is 12.5 Å². The van der Waals surface area contributed by atoms with Gasteiger partial charge in [0.15, 0.2) is 0 Å². The van der Waals surface area contributed by atoms with E-state index in [4.69, 9.17) is 4.74 Å². The first-order valence-electron chi connectivity index (χ1n) is 4.11. The average Bonchev–Trinajstić information content (AvgIpc) is 2.18. The third-order valence-corrected chi connectivity index (χ3v) is 1.79. The molecule has 0 bridgehead atoms. The number of para-hydroxylation sites is 1. The minimum Gasteiger partial charge on any atom is -0.496 e. The Morgan fingerprint density at radius 1 is 1.50 bits per heavy atom. The third-order valence-electron chi connectivity index (χ3n) is 1.79. The Hall–Kier alpha value is -1.84. The number of ether oxygens (including phenoxy) is 1. The van der Waals surface area contributed by atoms with Gasteiger partial charge in [0.25, 0.3) is 0 Å². The lowest BCUT2D eigenvalue weighted by Crippen LogP contribution is -1.94. The van der Waals surface area contributed by atoms with Gasteiger partial charge in [-0.3, -0.25) is 10.1 Å². The molecule has 0 aliphatic rings. The molecule has 4 heteroatoms. The van der Waals surface area contributed by atoms with Crippen LogP contribution < -0.4 is 4.74 Å². The Morgan fingerprint density at radius 2 is 2.14 bits per heavy atom. The van der Waals surface area contributed by atoms with Crippen LogP contribution in [0, 0.1) is 10.1 Å². The first-order valence-corrected chi connectivity index (χ1v) is 4.11. The molecule has 0 spiro atoms. The summed E-state index contributed by atoms with van der Waals surface area (Å²) in [7, 11) is 1.54. The van der Waals surface area contributed by atoms with E-state index in [2.05, 4.69) is 0 Å². The van der Waals surface area contributed by atoms with Gasteiger partial charge in [-0.05, 0) is 6.07 Å². The molecule has 0 fully saturated rings. The van der Waals surface area contributed by atoms with Crippen molar-refractivity contribution in [3.8, 4) is 5.75 Å². The van der Waals surface area contributed by atoms with E-state index in [1.807, 2.05) is 12.1 Å². The van der Waals surface area contributed by atoms with Crippen LogP contribution in [0.2, 0.25) is 0 Å². The lowest BCUT2D eigenvalue weighted by molar-refractivity contribution is -0.422. The quantitative estimate of drug-likeness (QED) is 0.546. The average molecular weight is 193 g/mol. The highest BCUT2D eigenvalue weighted by Crippen LogP contribution is 2.20. The van der Waals surface area contributed by atoms with Crippen molar-refractivity contribution in [3.05, 3.63) is 45.6 Å². The summed E-state index contributed by atoms with van der Waals surface area (Å²) in [5.74, 6) is 0.633. The molecule has 0 saturated heterocycles. The van der Waals surface area contributed by atoms with E-state index in [0.29, 0.717) is 11.3 Å². The maximum Gasteiger partial charge on any atom is 0.243 e. The molecular weight excluding hydrogens is 182 g/mol. The molecule has 1 aromatic rings. The monoisotopic (exact) mass is 193 g/mol. The van der Waals surface area contributed by atoms with Gasteiger partial charge < -0.3 is 4.74 Å². The molecule has 0 amide bonds. The molecule has 0 radical (unpaired) electrons. The minimum atomic E-state index is -0.424. The van der Waals surface area contributed by atoms with Crippen LogP contribution in [0.4, 0.5) is 0 Å². The number of benzene rings is 1. The van der Waals surface area contributed by atoms with E-state index in [9.17, 15) is 10.1 Å². The van der Waals surface area contributed by atoms with E-state index < -0.39 is 4.92 Å². The summed E-state index contributed by atoms with van der Waals surface area (Å²) in [6.07, 6.45) is 1.48. The van der Waals surface area contributed by atoms with E-state index in [-0.39, 0.29) is 5.70 Å². The summed E-state index contributed by atoms with van der Waals surface area (Å²) in [5.41, 5.74) is 0.804. The molecule has 74 valence electrons. The lowest BCUT2D eigenvalue weighted by atomic mass is 10.2. The Kier molecular flexibility index (Phi) is 3.23. The Morgan fingerprint density at radius 3 is 2.71 bits per heavy atom. The molecule has 0 saturated carbocycles. The number of methoxy groups -OCH3 is 1. The number of nitro groups is 1. The van der Waals surface area contributed by atoms with Gasteiger partial charge in [0, 0.05) is 18.6 Å². The smallest absolute Gasteiger partial charge is 0.243 e. The molecule has 0 atom stereocenters. The summed E-state index contributed by atoms with van der Waals surface area (Å²) < 4.78 is 5.06. The summed E-state index contributed by atoms with van der Waals surface area (Å²) >= 11 is 0. The van der Waals surface area contributed by atoms with E-state index in [1.165, 1.54) is 20.1 Å². The SMILES string of the molecule is COc1ccccc1/C=C(/C)[N+](=O)[O-]. The van der Waals surface area contributed by atoms with E-state index >= 15 is 0 Å². The molecule has 0 N–H and O–H groups in total. The fourth-order valence-corrected chi connectivity index (χ4v) is 1.06. The zero-order chi connectivity index (χ0) is 10.6. The molecule has 0 heterocycles. The van der Waals surface area contributed by atoms with Gasteiger partial charge in [0.05, 0.1) is 12.0 Å². The Bertz CT molecular complexity index is 371. The van der Waals surface area contributed by atoms with Gasteiger partial charge in [-0.15, -0.1) is 0 Å². The lowest BCUT2D eigenvalue weighted by Gasteiger charge is -2.02. The predicted octanol–water partition coefficient (Wildman–Crippen LogP) is 2.33. The topological polar surface area (TPSA) is 52.4 Å². The summed E-state index contributed by atoms with van der Waals surface area (Å²) in [4.78, 5) is 9.98. The molecule has 0 aromatic heterocycles. The number of hydrogen-bond acceptors (Lipinski definition) is 3. The van der Waals surface area contributed by atoms with Gasteiger partial charge in [-0.25, -0.2) is 0 Å². The minimum absolute atomic E-state index is 0.0921. The van der Waals surface area contributed by atoms with Crippen LogP contribution in [-0.2, 0) is 0 Å². The van der Waals surface area contributed by atoms with Crippen molar-refractivity contribution in [1.82, 2.24) is 0 Å². The van der Waals surface area contributed by atoms with Gasteiger partial charge in [0.2, 0.25) is 5.70 Å². The largest absolute Gasteiger partial charge is 0.496 e. The van der Waals surface area contributed by atoms with Crippen molar-refractivity contribution < 1.29 is 9.66 Å². The molecular formula is C10H11NO3. The summed E-state index contributed by atoms with van der Waals surface area (Å²) in [6.45, 7) is 1.45. The van der Waals surface area contributed by atoms with Crippen LogP contribution in [-0.4, -0.2) is 12.0 Å². The third kappa shape index (κ3) is 2.32. The van der Waals surface area contributed by atoms with Crippen molar-refractivity contribution in [3.63, 3.8) is 0 Å². The standard InChI is InChI=1S/C10H11NO3/c1-8(11(12)13)7-9-5-3-4-6-10(9)14-2/h3-7H,1-2H3/b8-7-. The highest BCUT2D eigenvalue weighted by molar-refractivity contribution is 5.58. The van der Waals surface area contributed by atoms with E-state index in [1.54, 1.807) is 12.1 Å². The van der Waals surface area contributed by atoms with Crippen LogP contribution >= 0.6 is 0 Å². The molecule has 4 nitrogen and oxygen atoms in total. The second-order valence-corrected chi connectivity index (χ2v) is 2.78. The first-order chi connectivity index (χ1) is 6.65. The molecule has 0 aliphatic carbocycles. The Labute approximate surface area is 82.0 Å². The first kappa shape index (κ1) is 10.2. The van der Waals surface area contributed by atoms with Crippen molar-refractivity contribution in [2.24, 2.45) is 0 Å². The van der Waals surface area contributed by atoms with Crippen molar-refractivity contribution in [2.45, 2.75) is 6.92 Å². The Balaban J connectivity index is 3.07. The predicted molar refractivity (Wildman–Crippen MR) is 53.6 cm³/mol. The molecule has 1 aromatic carbocycles. The summed E-state index contributed by atoms with van der Waals surface area (Å²) in [5, 5.41) is 10.4. The number of hydrogen-bond donors (Lipinski definition) is 0. The van der Waals surface area contributed by atoms with Gasteiger partial charge in [0.1, 0.15) is 5.75 Å². The number of nitrogens with zero attached hydrogens (tertiary/aromatic N) is 1. The van der Waals surface area contributed by atoms with Gasteiger partial charge in [-0.2, -0.15) is 0 Å². The van der Waals surface area contributed by atoms with Crippen LogP contribution in [0.5, 0.6) is 5.75 Å². The highest BCUT2D eigenvalue weighted by atomic mass is 16.6. The second kappa shape index (κ2) is 4.41. The fourth-order valence-electron chi connectivity index (χ4n) is 1.06. The number of rotatable bonds is 3. The van der Waals surface area contributed by atoms with Crippen molar-refractivity contribution in [1.29, 1.82) is 0 Å². The molecule has 0 unspecified atom stereocenters. The number of allylic oxidation sites excluding steroid dienone is 1. The summed E-state index contributed by atoms with van der Waals surface area (Å²) in [6, 6.07) is 7.16. The maximum atomic E-state index is 10.4. The zero-order valence-corrected chi connectivity index (χ0v) is 8.06. The van der Waals surface area contributed by atoms with Crippen LogP contribution in [0.15, 0.2) is 30.0 Å². The second-order valence-electron chi connectivity index (χ2n) is 2.78.